The van der Waals surface area contributed by atoms with Crippen LogP contribution in [0.5, 0.6) is 0 Å². The van der Waals surface area contributed by atoms with E-state index in [9.17, 15) is 26.0 Å². The van der Waals surface area contributed by atoms with Gasteiger partial charge in [-0.15, -0.1) is 0 Å². The van der Waals surface area contributed by atoms with E-state index in [0.29, 0.717) is 0 Å². The van der Waals surface area contributed by atoms with E-state index in [1.165, 1.54) is 14.0 Å². The lowest BCUT2D eigenvalue weighted by Gasteiger charge is -2.25. The molecule has 1 aliphatic rings. The third-order valence-corrected chi connectivity index (χ3v) is 5.82. The van der Waals surface area contributed by atoms with Gasteiger partial charge in [-0.05, 0) is 6.92 Å². The number of aromatic nitrogens is 2. The van der Waals surface area contributed by atoms with Crippen LogP contribution in [-0.4, -0.2) is 47.4 Å². The number of hydrogen-bond acceptors (Lipinski definition) is 3. The molecule has 0 spiro atoms. The van der Waals surface area contributed by atoms with Gasteiger partial charge in [-0.25, -0.2) is 12.8 Å². The van der Waals surface area contributed by atoms with Gasteiger partial charge in [0.1, 0.15) is 22.3 Å². The van der Waals surface area contributed by atoms with Crippen molar-refractivity contribution in [3.63, 3.8) is 0 Å². The maximum Gasteiger partial charge on any atom is 0.405 e. The number of nitrogens with zero attached hydrogens (tertiary/aromatic N) is 3. The molecule has 1 fully saturated rings. The van der Waals surface area contributed by atoms with E-state index in [2.05, 4.69) is 5.10 Å². The van der Waals surface area contributed by atoms with Gasteiger partial charge in [0.15, 0.2) is 0 Å². The molecule has 0 bridgehead atoms. The van der Waals surface area contributed by atoms with E-state index in [1.807, 2.05) is 0 Å². The predicted octanol–water partition coefficient (Wildman–Crippen LogP) is 2.05. The fourth-order valence-corrected chi connectivity index (χ4v) is 4.70. The summed E-state index contributed by atoms with van der Waals surface area (Å²) < 4.78 is 78.1. The van der Waals surface area contributed by atoms with E-state index in [1.54, 1.807) is 0 Å². The van der Waals surface area contributed by atoms with Crippen LogP contribution in [0.4, 0.5) is 17.6 Å². The predicted molar refractivity (Wildman–Crippen MR) is 66.2 cm³/mol. The smallest absolute Gasteiger partial charge is 0.255 e. The molecule has 0 radical (unpaired) electrons. The van der Waals surface area contributed by atoms with Crippen LogP contribution < -0.4 is 0 Å². The summed E-state index contributed by atoms with van der Waals surface area (Å²) >= 11 is 5.79. The second-order valence-corrected chi connectivity index (χ2v) is 6.98. The van der Waals surface area contributed by atoms with Crippen LogP contribution in [0, 0.1) is 6.92 Å². The first kappa shape index (κ1) is 16.5. The lowest BCUT2D eigenvalue weighted by Crippen LogP contribution is -2.44. The minimum absolute atomic E-state index is 0.0364. The van der Waals surface area contributed by atoms with E-state index < -0.39 is 46.3 Å². The van der Waals surface area contributed by atoms with E-state index in [0.717, 1.165) is 4.68 Å². The summed E-state index contributed by atoms with van der Waals surface area (Å²) in [6, 6.07) is -2.40. The second kappa shape index (κ2) is 5.10. The Morgan fingerprint density at radius 1 is 1.38 bits per heavy atom. The van der Waals surface area contributed by atoms with Crippen molar-refractivity contribution in [1.82, 2.24) is 14.1 Å². The molecule has 120 valence electrons. The summed E-state index contributed by atoms with van der Waals surface area (Å²) in [6.07, 6.45) is -7.64. The molecule has 0 saturated carbocycles. The van der Waals surface area contributed by atoms with Gasteiger partial charge in [0.2, 0.25) is 10.0 Å². The largest absolute Gasteiger partial charge is 0.405 e. The zero-order valence-electron chi connectivity index (χ0n) is 11.0. The zero-order valence-corrected chi connectivity index (χ0v) is 12.6. The first-order valence-electron chi connectivity index (χ1n) is 5.88. The molecule has 2 heterocycles. The van der Waals surface area contributed by atoms with Gasteiger partial charge in [0.25, 0.3) is 0 Å². The minimum Gasteiger partial charge on any atom is -0.255 e. The molecule has 0 aliphatic carbocycles. The highest BCUT2D eigenvalue weighted by Gasteiger charge is 2.54. The van der Waals surface area contributed by atoms with Crippen LogP contribution in [0.25, 0.3) is 0 Å². The molecule has 0 N–H and O–H groups in total. The number of alkyl halides is 4. The molecule has 5 nitrogen and oxygen atoms in total. The molecule has 2 rings (SSSR count). The Bertz CT molecular complexity index is 658. The van der Waals surface area contributed by atoms with E-state index in [-0.39, 0.29) is 15.2 Å². The minimum atomic E-state index is -4.85. The lowest BCUT2D eigenvalue weighted by molar-refractivity contribution is -0.165. The van der Waals surface area contributed by atoms with Gasteiger partial charge in [-0.1, -0.05) is 11.6 Å². The zero-order chi connectivity index (χ0) is 16.2. The van der Waals surface area contributed by atoms with Gasteiger partial charge < -0.3 is 0 Å². The molecule has 0 amide bonds. The second-order valence-electron chi connectivity index (χ2n) is 4.79. The molecule has 1 aliphatic heterocycles. The van der Waals surface area contributed by atoms with Crippen molar-refractivity contribution in [3.05, 3.63) is 10.8 Å². The maximum absolute atomic E-state index is 13.3. The first-order valence-corrected chi connectivity index (χ1v) is 7.69. The fraction of sp³-hybridized carbons (Fsp3) is 0.700. The third-order valence-electron chi connectivity index (χ3n) is 3.25. The molecule has 1 aromatic rings. The number of aryl methyl sites for hydroxylation is 2. The van der Waals surface area contributed by atoms with Crippen molar-refractivity contribution in [1.29, 1.82) is 0 Å². The average molecular weight is 350 g/mol. The number of rotatable bonds is 2. The summed E-state index contributed by atoms with van der Waals surface area (Å²) in [5, 5.41) is 3.45. The third kappa shape index (κ3) is 2.76. The molecule has 1 aromatic heterocycles. The normalized spacial score (nSPS) is 24.7. The summed E-state index contributed by atoms with van der Waals surface area (Å²) in [7, 11) is -3.23. The number of hydrogen-bond donors (Lipinski definition) is 0. The molecular weight excluding hydrogens is 338 g/mol. The quantitative estimate of drug-likeness (QED) is 0.768. The Morgan fingerprint density at radius 3 is 2.38 bits per heavy atom. The van der Waals surface area contributed by atoms with Gasteiger partial charge in [0, 0.05) is 20.0 Å². The maximum atomic E-state index is 13.3. The molecule has 1 saturated heterocycles. The van der Waals surface area contributed by atoms with Crippen LogP contribution in [-0.2, 0) is 17.1 Å². The van der Waals surface area contributed by atoms with Crippen LogP contribution in [0.15, 0.2) is 4.90 Å². The van der Waals surface area contributed by atoms with Crippen LogP contribution in [0.1, 0.15) is 12.1 Å². The lowest BCUT2D eigenvalue weighted by atomic mass is 10.2. The summed E-state index contributed by atoms with van der Waals surface area (Å²) in [5.41, 5.74) is -0.0364. The van der Waals surface area contributed by atoms with Crippen molar-refractivity contribution in [3.8, 4) is 0 Å². The number of halogens is 5. The van der Waals surface area contributed by atoms with Gasteiger partial charge >= 0.3 is 6.18 Å². The summed E-state index contributed by atoms with van der Waals surface area (Å²) in [4.78, 5) is -0.519. The van der Waals surface area contributed by atoms with Crippen LogP contribution in [0.3, 0.4) is 0 Å². The van der Waals surface area contributed by atoms with Gasteiger partial charge in [-0.3, -0.25) is 4.68 Å². The van der Waals surface area contributed by atoms with Crippen molar-refractivity contribution in [2.75, 3.05) is 6.54 Å². The van der Waals surface area contributed by atoms with Crippen LogP contribution >= 0.6 is 11.6 Å². The fourth-order valence-electron chi connectivity index (χ4n) is 2.34. The van der Waals surface area contributed by atoms with Gasteiger partial charge in [0.05, 0.1) is 5.69 Å². The van der Waals surface area contributed by atoms with Crippen molar-refractivity contribution in [2.45, 2.75) is 36.6 Å². The van der Waals surface area contributed by atoms with Crippen LogP contribution in [0.2, 0.25) is 5.15 Å². The van der Waals surface area contributed by atoms with E-state index in [4.69, 9.17) is 11.6 Å². The van der Waals surface area contributed by atoms with Crippen molar-refractivity contribution < 1.29 is 26.0 Å². The summed E-state index contributed by atoms with van der Waals surface area (Å²) in [5.74, 6) is 0. The SMILES string of the molecule is Cc1nn(C)c(Cl)c1S(=O)(=O)N1C[C@@H](F)C[C@@H]1C(F)(F)F. The van der Waals surface area contributed by atoms with Crippen molar-refractivity contribution >= 4 is 21.6 Å². The monoisotopic (exact) mass is 349 g/mol. The molecule has 2 atom stereocenters. The Hall–Kier alpha value is -0.870. The standard InChI is InChI=1S/C10H12ClF4N3O2S/c1-5-8(9(11)17(2)16-5)21(19,20)18-4-6(12)3-7(18)10(13,14)15/h6-7H,3-4H2,1-2H3/t6-,7+/m0/s1. The Morgan fingerprint density at radius 2 is 1.95 bits per heavy atom. The average Bonchev–Trinajstić information content (AvgIpc) is 2.81. The van der Waals surface area contributed by atoms with E-state index >= 15 is 0 Å². The van der Waals surface area contributed by atoms with Crippen molar-refractivity contribution in [2.24, 2.45) is 7.05 Å². The highest BCUT2D eigenvalue weighted by molar-refractivity contribution is 7.89. The highest BCUT2D eigenvalue weighted by Crippen LogP contribution is 2.39. The number of sulfonamides is 1. The van der Waals surface area contributed by atoms with Gasteiger partial charge in [-0.2, -0.15) is 22.6 Å². The molecule has 0 unspecified atom stereocenters. The summed E-state index contributed by atoms with van der Waals surface area (Å²) in [6.45, 7) is 0.460. The molecule has 21 heavy (non-hydrogen) atoms. The molecule has 0 aromatic carbocycles. The Labute approximate surface area is 123 Å². The highest BCUT2D eigenvalue weighted by atomic mass is 35.5. The Kier molecular flexibility index (Phi) is 4.00. The first-order chi connectivity index (χ1) is 9.46. The topological polar surface area (TPSA) is 55.2 Å². The molecular formula is C10H12ClF4N3O2S. The molecule has 11 heteroatoms. The Balaban J connectivity index is 2.53.